The maximum Gasteiger partial charge on any atom is 0.341 e. The Labute approximate surface area is 141 Å². The van der Waals surface area contributed by atoms with Crippen molar-refractivity contribution in [3.8, 4) is 0 Å². The number of carbonyl (C=O) groups is 1. The summed E-state index contributed by atoms with van der Waals surface area (Å²) in [5.74, 6) is -0.263. The lowest BCUT2D eigenvalue weighted by Crippen LogP contribution is -2.03. The Morgan fingerprint density at radius 3 is 2.83 bits per heavy atom. The average Bonchev–Trinajstić information content (AvgIpc) is 3.21. The summed E-state index contributed by atoms with van der Waals surface area (Å²) in [4.78, 5) is 17.1. The predicted octanol–water partition coefficient (Wildman–Crippen LogP) is 4.97. The van der Waals surface area contributed by atoms with E-state index in [4.69, 9.17) is 4.74 Å². The van der Waals surface area contributed by atoms with E-state index < -0.39 is 0 Å². The van der Waals surface area contributed by atoms with Gasteiger partial charge in [-0.15, -0.1) is 11.3 Å². The van der Waals surface area contributed by atoms with Crippen LogP contribution in [0.25, 0.3) is 37.0 Å². The number of ether oxygens (including phenoxy) is 1. The number of para-hydroxylation sites is 2. The van der Waals surface area contributed by atoms with Gasteiger partial charge in [-0.1, -0.05) is 30.3 Å². The van der Waals surface area contributed by atoms with Crippen LogP contribution in [0, 0.1) is 0 Å². The lowest BCUT2D eigenvalue weighted by molar-refractivity contribution is 0.0531. The van der Waals surface area contributed by atoms with Crippen LogP contribution in [0.1, 0.15) is 17.3 Å². The van der Waals surface area contributed by atoms with Crippen LogP contribution in [-0.2, 0) is 4.74 Å². The molecule has 118 valence electrons. The Hall–Kier alpha value is -2.79. The maximum atomic E-state index is 12.7. The predicted molar refractivity (Wildman–Crippen MR) is 98.1 cm³/mol. The van der Waals surface area contributed by atoms with Crippen LogP contribution in [-0.4, -0.2) is 22.0 Å². The number of esters is 1. The molecule has 3 heterocycles. The van der Waals surface area contributed by atoms with E-state index in [0.29, 0.717) is 12.2 Å². The van der Waals surface area contributed by atoms with Crippen LogP contribution in [0.2, 0.25) is 0 Å². The molecule has 0 fully saturated rings. The minimum Gasteiger partial charge on any atom is -0.462 e. The van der Waals surface area contributed by atoms with Crippen molar-refractivity contribution in [2.45, 2.75) is 6.92 Å². The lowest BCUT2D eigenvalue weighted by Gasteiger charge is -2.00. The molecule has 5 heteroatoms. The first-order chi connectivity index (χ1) is 11.8. The normalized spacial score (nSPS) is 11.9. The number of fused-ring (bicyclic) bond motifs is 7. The molecule has 24 heavy (non-hydrogen) atoms. The first-order valence-electron chi connectivity index (χ1n) is 7.89. The maximum absolute atomic E-state index is 12.7. The third-order valence-corrected chi connectivity index (χ3v) is 5.51. The fourth-order valence-corrected chi connectivity index (χ4v) is 4.61. The van der Waals surface area contributed by atoms with Gasteiger partial charge < -0.3 is 9.72 Å². The molecule has 0 amide bonds. The summed E-state index contributed by atoms with van der Waals surface area (Å²) in [7, 11) is 0. The Morgan fingerprint density at radius 2 is 1.96 bits per heavy atom. The van der Waals surface area contributed by atoms with Crippen LogP contribution in [0.5, 0.6) is 0 Å². The van der Waals surface area contributed by atoms with Crippen LogP contribution in [0.3, 0.4) is 0 Å². The van der Waals surface area contributed by atoms with Gasteiger partial charge in [0.05, 0.1) is 16.8 Å². The number of nitrogens with one attached hydrogen (secondary N) is 1. The van der Waals surface area contributed by atoms with Crippen molar-refractivity contribution in [3.63, 3.8) is 0 Å². The summed E-state index contributed by atoms with van der Waals surface area (Å²) in [5, 5.41) is 2.00. The van der Waals surface area contributed by atoms with E-state index in [1.807, 2.05) is 43.3 Å². The number of H-pyrrole nitrogens is 1. The molecular formula is C19H14N2O2S. The number of hydrogen-bond acceptors (Lipinski definition) is 3. The molecule has 0 unspecified atom stereocenters. The number of hydrogen-bond donors (Lipinski definition) is 1. The van der Waals surface area contributed by atoms with Crippen molar-refractivity contribution in [3.05, 3.63) is 54.1 Å². The highest BCUT2D eigenvalue weighted by Gasteiger charge is 2.25. The highest BCUT2D eigenvalue weighted by atomic mass is 32.1. The Kier molecular flexibility index (Phi) is 2.76. The highest BCUT2D eigenvalue weighted by Crippen LogP contribution is 2.39. The molecule has 0 aliphatic heterocycles. The van der Waals surface area contributed by atoms with E-state index in [1.54, 1.807) is 11.3 Å². The van der Waals surface area contributed by atoms with E-state index in [9.17, 15) is 4.79 Å². The molecule has 5 aromatic rings. The van der Waals surface area contributed by atoms with Gasteiger partial charge in [0.25, 0.3) is 0 Å². The fourth-order valence-electron chi connectivity index (χ4n) is 3.42. The second-order valence-corrected chi connectivity index (χ2v) is 6.73. The Morgan fingerprint density at radius 1 is 1.17 bits per heavy atom. The topological polar surface area (TPSA) is 46.5 Å². The van der Waals surface area contributed by atoms with E-state index in [2.05, 4.69) is 21.5 Å². The molecule has 0 spiro atoms. The Balaban J connectivity index is 2.05. The summed E-state index contributed by atoms with van der Waals surface area (Å²) in [6.07, 6.45) is 0. The smallest absolute Gasteiger partial charge is 0.341 e. The molecule has 0 radical (unpaired) electrons. The third kappa shape index (κ3) is 1.65. The number of benzene rings is 2. The Bertz CT molecular complexity index is 1240. The molecular weight excluding hydrogens is 320 g/mol. The summed E-state index contributed by atoms with van der Waals surface area (Å²) in [6, 6.07) is 16.3. The SMILES string of the molecule is CCOC(=O)c1c2c3ccccc3[nH]c2n2c1sc1ccccc12. The van der Waals surface area contributed by atoms with Gasteiger partial charge in [0.1, 0.15) is 16.0 Å². The largest absolute Gasteiger partial charge is 0.462 e. The van der Waals surface area contributed by atoms with Crippen LogP contribution < -0.4 is 0 Å². The van der Waals surface area contributed by atoms with Gasteiger partial charge in [0.2, 0.25) is 0 Å². The minimum atomic E-state index is -0.263. The van der Waals surface area contributed by atoms with Gasteiger partial charge in [-0.3, -0.25) is 4.40 Å². The molecule has 0 bridgehead atoms. The van der Waals surface area contributed by atoms with Crippen LogP contribution in [0.4, 0.5) is 0 Å². The molecule has 4 nitrogen and oxygen atoms in total. The first kappa shape index (κ1) is 13.6. The fraction of sp³-hybridized carbons (Fsp3) is 0.105. The van der Waals surface area contributed by atoms with Crippen LogP contribution >= 0.6 is 11.3 Å². The third-order valence-electron chi connectivity index (χ3n) is 4.37. The zero-order chi connectivity index (χ0) is 16.3. The molecule has 3 aromatic heterocycles. The number of rotatable bonds is 2. The number of aromatic amines is 1. The zero-order valence-corrected chi connectivity index (χ0v) is 13.8. The number of carbonyl (C=O) groups excluding carboxylic acids is 1. The van der Waals surface area contributed by atoms with E-state index in [1.165, 1.54) is 0 Å². The zero-order valence-electron chi connectivity index (χ0n) is 13.0. The highest BCUT2D eigenvalue weighted by molar-refractivity contribution is 7.24. The monoisotopic (exact) mass is 334 g/mol. The van der Waals surface area contributed by atoms with Crippen molar-refractivity contribution in [1.29, 1.82) is 0 Å². The molecule has 5 rings (SSSR count). The van der Waals surface area contributed by atoms with Gasteiger partial charge in [-0.2, -0.15) is 0 Å². The molecule has 0 atom stereocenters. The van der Waals surface area contributed by atoms with Crippen LogP contribution in [0.15, 0.2) is 48.5 Å². The van der Waals surface area contributed by atoms with E-state index in [0.717, 1.165) is 37.0 Å². The molecule has 0 saturated carbocycles. The average molecular weight is 334 g/mol. The van der Waals surface area contributed by atoms with Crippen molar-refractivity contribution >= 4 is 54.3 Å². The lowest BCUT2D eigenvalue weighted by atomic mass is 10.1. The summed E-state index contributed by atoms with van der Waals surface area (Å²) < 4.78 is 8.65. The second-order valence-electron chi connectivity index (χ2n) is 5.70. The summed E-state index contributed by atoms with van der Waals surface area (Å²) >= 11 is 1.62. The molecule has 1 N–H and O–H groups in total. The van der Waals surface area contributed by atoms with Crippen molar-refractivity contribution in [1.82, 2.24) is 9.38 Å². The molecule has 2 aromatic carbocycles. The van der Waals surface area contributed by atoms with Crippen molar-refractivity contribution < 1.29 is 9.53 Å². The first-order valence-corrected chi connectivity index (χ1v) is 8.70. The number of aromatic nitrogens is 2. The number of thiazole rings is 1. The summed E-state index contributed by atoms with van der Waals surface area (Å²) in [6.45, 7) is 2.20. The van der Waals surface area contributed by atoms with Gasteiger partial charge in [-0.25, -0.2) is 4.79 Å². The molecule has 0 aliphatic carbocycles. The summed E-state index contributed by atoms with van der Waals surface area (Å²) in [5.41, 5.74) is 3.74. The van der Waals surface area contributed by atoms with E-state index in [-0.39, 0.29) is 5.97 Å². The van der Waals surface area contributed by atoms with Crippen molar-refractivity contribution in [2.75, 3.05) is 6.61 Å². The van der Waals surface area contributed by atoms with Gasteiger partial charge in [0, 0.05) is 16.3 Å². The standard InChI is InChI=1S/C19H14N2O2S/c1-2-23-19(22)16-15-11-7-3-4-8-12(11)20-17(15)21-13-9-5-6-10-14(13)24-18(16)21/h3-10,20H,2H2,1H3. The quantitative estimate of drug-likeness (QED) is 0.464. The van der Waals surface area contributed by atoms with Gasteiger partial charge in [-0.05, 0) is 25.1 Å². The van der Waals surface area contributed by atoms with Gasteiger partial charge >= 0.3 is 5.97 Å². The van der Waals surface area contributed by atoms with Crippen molar-refractivity contribution in [2.24, 2.45) is 0 Å². The molecule has 0 saturated heterocycles. The van der Waals surface area contributed by atoms with Gasteiger partial charge in [0.15, 0.2) is 0 Å². The number of nitrogens with zero attached hydrogens (tertiary/aromatic N) is 1. The second kappa shape index (κ2) is 4.85. The minimum absolute atomic E-state index is 0.263. The van der Waals surface area contributed by atoms with E-state index >= 15 is 0 Å². The molecule has 0 aliphatic rings.